The lowest BCUT2D eigenvalue weighted by molar-refractivity contribution is 0.0274. The Morgan fingerprint density at radius 3 is 2.77 bits per heavy atom. The molecule has 2 aromatic rings. The van der Waals surface area contributed by atoms with Crippen LogP contribution in [0.3, 0.4) is 0 Å². The number of imidazole rings is 1. The maximum absolute atomic E-state index is 10.2. The third-order valence-corrected chi connectivity index (χ3v) is 4.65. The summed E-state index contributed by atoms with van der Waals surface area (Å²) in [7, 11) is 2.10. The van der Waals surface area contributed by atoms with Crippen molar-refractivity contribution in [1.29, 1.82) is 0 Å². The largest absolute Gasteiger partial charge is 0.391 e. The molecule has 2 atom stereocenters. The van der Waals surface area contributed by atoms with Crippen molar-refractivity contribution in [1.82, 2.24) is 14.5 Å². The third kappa shape index (κ3) is 3.57. The summed E-state index contributed by atoms with van der Waals surface area (Å²) in [5, 5.41) is 10.2. The second kappa shape index (κ2) is 7.07. The van der Waals surface area contributed by atoms with E-state index in [0.717, 1.165) is 38.2 Å². The SMILES string of the molecule is CN(Cc1nccn1Cc1ccccc1)C1CCCCC1O. The summed E-state index contributed by atoms with van der Waals surface area (Å²) in [6.07, 6.45) is 8.07. The van der Waals surface area contributed by atoms with E-state index >= 15 is 0 Å². The Bertz CT molecular complexity index is 581. The van der Waals surface area contributed by atoms with Gasteiger partial charge in [0.2, 0.25) is 0 Å². The van der Waals surface area contributed by atoms with Crippen LogP contribution in [0, 0.1) is 0 Å². The maximum Gasteiger partial charge on any atom is 0.123 e. The van der Waals surface area contributed by atoms with Crippen LogP contribution in [0.25, 0.3) is 0 Å². The fourth-order valence-corrected chi connectivity index (χ4v) is 3.36. The summed E-state index contributed by atoms with van der Waals surface area (Å²) in [5.74, 6) is 1.06. The van der Waals surface area contributed by atoms with Gasteiger partial charge in [-0.2, -0.15) is 0 Å². The van der Waals surface area contributed by atoms with Crippen LogP contribution in [0.1, 0.15) is 37.1 Å². The zero-order chi connectivity index (χ0) is 15.4. The first-order chi connectivity index (χ1) is 10.7. The van der Waals surface area contributed by atoms with Gasteiger partial charge in [-0.25, -0.2) is 4.98 Å². The Kier molecular flexibility index (Phi) is 4.90. The molecule has 1 aliphatic carbocycles. The standard InChI is InChI=1S/C18H25N3O/c1-20(16-9-5-6-10-17(16)22)14-18-19-11-12-21(18)13-15-7-3-2-4-8-15/h2-4,7-8,11-12,16-17,22H,5-6,9-10,13-14H2,1H3. The van der Waals surface area contributed by atoms with Crippen LogP contribution in [-0.2, 0) is 13.1 Å². The van der Waals surface area contributed by atoms with Crippen LogP contribution < -0.4 is 0 Å². The van der Waals surface area contributed by atoms with E-state index in [9.17, 15) is 5.11 Å². The van der Waals surface area contributed by atoms with Gasteiger partial charge in [0.05, 0.1) is 12.6 Å². The number of aliphatic hydroxyl groups excluding tert-OH is 1. The molecule has 0 aliphatic heterocycles. The van der Waals surface area contributed by atoms with E-state index in [1.807, 2.05) is 18.5 Å². The summed E-state index contributed by atoms with van der Waals surface area (Å²) < 4.78 is 2.20. The van der Waals surface area contributed by atoms with Crippen molar-refractivity contribution in [2.45, 2.75) is 50.9 Å². The maximum atomic E-state index is 10.2. The molecule has 1 aromatic heterocycles. The number of likely N-dealkylation sites (N-methyl/N-ethyl adjacent to an activating group) is 1. The molecule has 1 saturated carbocycles. The Labute approximate surface area is 132 Å². The van der Waals surface area contributed by atoms with Crippen LogP contribution in [0.15, 0.2) is 42.7 Å². The van der Waals surface area contributed by atoms with E-state index in [-0.39, 0.29) is 12.1 Å². The van der Waals surface area contributed by atoms with Crippen molar-refractivity contribution in [2.75, 3.05) is 7.05 Å². The van der Waals surface area contributed by atoms with Crippen molar-refractivity contribution in [3.8, 4) is 0 Å². The summed E-state index contributed by atoms with van der Waals surface area (Å²) in [6.45, 7) is 1.62. The molecule has 1 aromatic carbocycles. The van der Waals surface area contributed by atoms with Crippen LogP contribution in [0.5, 0.6) is 0 Å². The molecule has 1 heterocycles. The highest BCUT2D eigenvalue weighted by molar-refractivity contribution is 5.15. The minimum absolute atomic E-state index is 0.198. The van der Waals surface area contributed by atoms with Crippen molar-refractivity contribution in [3.05, 3.63) is 54.1 Å². The zero-order valence-corrected chi connectivity index (χ0v) is 13.2. The molecule has 0 spiro atoms. The molecule has 118 valence electrons. The number of aromatic nitrogens is 2. The zero-order valence-electron chi connectivity index (χ0n) is 13.2. The minimum atomic E-state index is -0.198. The lowest BCUT2D eigenvalue weighted by Gasteiger charge is -2.35. The van der Waals surface area contributed by atoms with Gasteiger partial charge in [-0.15, -0.1) is 0 Å². The number of rotatable bonds is 5. The Morgan fingerprint density at radius 1 is 1.23 bits per heavy atom. The molecule has 3 rings (SSSR count). The molecule has 0 saturated heterocycles. The smallest absolute Gasteiger partial charge is 0.123 e. The average Bonchev–Trinajstić information content (AvgIpc) is 2.95. The molecule has 2 unspecified atom stereocenters. The third-order valence-electron chi connectivity index (χ3n) is 4.65. The fourth-order valence-electron chi connectivity index (χ4n) is 3.36. The van der Waals surface area contributed by atoms with E-state index in [0.29, 0.717) is 0 Å². The number of nitrogens with zero attached hydrogens (tertiary/aromatic N) is 3. The van der Waals surface area contributed by atoms with Gasteiger partial charge in [0, 0.05) is 25.0 Å². The van der Waals surface area contributed by atoms with E-state index in [1.54, 1.807) is 0 Å². The fraction of sp³-hybridized carbons (Fsp3) is 0.500. The van der Waals surface area contributed by atoms with E-state index in [2.05, 4.69) is 45.8 Å². The van der Waals surface area contributed by atoms with Gasteiger partial charge in [-0.05, 0) is 25.5 Å². The second-order valence-corrected chi connectivity index (χ2v) is 6.29. The molecule has 1 fully saturated rings. The minimum Gasteiger partial charge on any atom is -0.391 e. The average molecular weight is 299 g/mol. The van der Waals surface area contributed by atoms with Gasteiger partial charge in [-0.3, -0.25) is 4.90 Å². The highest BCUT2D eigenvalue weighted by atomic mass is 16.3. The molecule has 4 nitrogen and oxygen atoms in total. The Hall–Kier alpha value is -1.65. The highest BCUT2D eigenvalue weighted by Gasteiger charge is 2.27. The lowest BCUT2D eigenvalue weighted by atomic mass is 9.91. The molecule has 0 bridgehead atoms. The lowest BCUT2D eigenvalue weighted by Crippen LogP contribution is -2.43. The summed E-state index contributed by atoms with van der Waals surface area (Å²) in [5.41, 5.74) is 1.28. The van der Waals surface area contributed by atoms with Crippen LogP contribution in [0.4, 0.5) is 0 Å². The van der Waals surface area contributed by atoms with E-state index in [1.165, 1.54) is 12.0 Å². The topological polar surface area (TPSA) is 41.3 Å². The van der Waals surface area contributed by atoms with Gasteiger partial charge in [0.15, 0.2) is 0 Å². The monoisotopic (exact) mass is 299 g/mol. The summed E-state index contributed by atoms with van der Waals surface area (Å²) >= 11 is 0. The first-order valence-electron chi connectivity index (χ1n) is 8.16. The number of hydrogen-bond donors (Lipinski definition) is 1. The number of aliphatic hydroxyl groups is 1. The molecule has 4 heteroatoms. The Balaban J connectivity index is 1.67. The number of hydrogen-bond acceptors (Lipinski definition) is 3. The van der Waals surface area contributed by atoms with Crippen molar-refractivity contribution in [2.24, 2.45) is 0 Å². The van der Waals surface area contributed by atoms with Crippen molar-refractivity contribution in [3.63, 3.8) is 0 Å². The van der Waals surface area contributed by atoms with Gasteiger partial charge in [0.1, 0.15) is 5.82 Å². The number of benzene rings is 1. The van der Waals surface area contributed by atoms with Gasteiger partial charge in [0.25, 0.3) is 0 Å². The normalized spacial score (nSPS) is 22.1. The molecular formula is C18H25N3O. The van der Waals surface area contributed by atoms with Gasteiger partial charge >= 0.3 is 0 Å². The van der Waals surface area contributed by atoms with Crippen molar-refractivity contribution < 1.29 is 5.11 Å². The van der Waals surface area contributed by atoms with Gasteiger partial charge < -0.3 is 9.67 Å². The van der Waals surface area contributed by atoms with Crippen LogP contribution in [-0.4, -0.2) is 38.8 Å². The quantitative estimate of drug-likeness (QED) is 0.923. The molecule has 0 amide bonds. The summed E-state index contributed by atoms with van der Waals surface area (Å²) in [4.78, 5) is 6.77. The van der Waals surface area contributed by atoms with E-state index in [4.69, 9.17) is 0 Å². The van der Waals surface area contributed by atoms with Crippen molar-refractivity contribution >= 4 is 0 Å². The molecule has 1 N–H and O–H groups in total. The van der Waals surface area contributed by atoms with Crippen LogP contribution in [0.2, 0.25) is 0 Å². The highest BCUT2D eigenvalue weighted by Crippen LogP contribution is 2.23. The predicted octanol–water partition coefficient (Wildman–Crippen LogP) is 2.67. The van der Waals surface area contributed by atoms with Crippen LogP contribution >= 0.6 is 0 Å². The predicted molar refractivity (Wildman–Crippen MR) is 87.5 cm³/mol. The second-order valence-electron chi connectivity index (χ2n) is 6.29. The van der Waals surface area contributed by atoms with Gasteiger partial charge in [-0.1, -0.05) is 43.2 Å². The van der Waals surface area contributed by atoms with E-state index < -0.39 is 0 Å². The molecule has 22 heavy (non-hydrogen) atoms. The Morgan fingerprint density at radius 2 is 2.00 bits per heavy atom. The summed E-state index contributed by atoms with van der Waals surface area (Å²) in [6, 6.07) is 10.7. The molecule has 0 radical (unpaired) electrons. The molecular weight excluding hydrogens is 274 g/mol. The first-order valence-corrected chi connectivity index (χ1v) is 8.16. The molecule has 1 aliphatic rings. The first kappa shape index (κ1) is 15.3.